The van der Waals surface area contributed by atoms with Gasteiger partial charge < -0.3 is 10.2 Å². The number of fused-ring (bicyclic) bond motifs is 1. The predicted molar refractivity (Wildman–Crippen MR) is 83.1 cm³/mol. The maximum Gasteiger partial charge on any atom is 0.420 e. The topological polar surface area (TPSA) is 61.2 Å². The number of aromatic nitrogens is 1. The quantitative estimate of drug-likeness (QED) is 0.561. The van der Waals surface area contributed by atoms with Crippen molar-refractivity contribution >= 4 is 39.4 Å². The lowest BCUT2D eigenvalue weighted by molar-refractivity contribution is 0.517. The van der Waals surface area contributed by atoms with E-state index in [4.69, 9.17) is 10.2 Å². The second-order valence-electron chi connectivity index (χ2n) is 4.31. The van der Waals surface area contributed by atoms with Crippen molar-refractivity contribution in [1.29, 1.82) is 0 Å². The Bertz CT molecular complexity index is 787. The van der Waals surface area contributed by atoms with Crippen LogP contribution in [0.2, 0.25) is 0 Å². The van der Waals surface area contributed by atoms with Gasteiger partial charge >= 0.3 is 5.76 Å². The number of nitrogen functional groups attached to an aromatic ring is 1. The molecule has 0 aliphatic heterocycles. The van der Waals surface area contributed by atoms with Crippen molar-refractivity contribution in [2.45, 2.75) is 6.54 Å². The summed E-state index contributed by atoms with van der Waals surface area (Å²) in [7, 11) is 0. The Balaban J connectivity index is 2.09. The molecule has 4 nitrogen and oxygen atoms in total. The molecule has 0 spiro atoms. The van der Waals surface area contributed by atoms with E-state index in [-0.39, 0.29) is 5.76 Å². The van der Waals surface area contributed by atoms with Crippen LogP contribution < -0.4 is 11.5 Å². The lowest BCUT2D eigenvalue weighted by atomic mass is 10.2. The summed E-state index contributed by atoms with van der Waals surface area (Å²) in [5, 5.41) is 0. The minimum absolute atomic E-state index is 0.362. The first-order valence-electron chi connectivity index (χ1n) is 5.77. The molecule has 5 heteroatoms. The average molecular weight is 366 g/mol. The SMILES string of the molecule is Nc1ccc2oc(=O)n(Cc3ccc(I)cc3)c2c1. The number of rotatable bonds is 2. The zero-order valence-electron chi connectivity index (χ0n) is 9.97. The Hall–Kier alpha value is -1.76. The van der Waals surface area contributed by atoms with Crippen molar-refractivity contribution in [3.63, 3.8) is 0 Å². The fourth-order valence-corrected chi connectivity index (χ4v) is 2.36. The minimum atomic E-state index is -0.362. The molecule has 0 saturated carbocycles. The molecular formula is C14H11IN2O2. The molecule has 3 aromatic rings. The molecule has 0 saturated heterocycles. The third-order valence-electron chi connectivity index (χ3n) is 2.95. The molecule has 96 valence electrons. The molecule has 1 aromatic heterocycles. The highest BCUT2D eigenvalue weighted by atomic mass is 127. The minimum Gasteiger partial charge on any atom is -0.408 e. The summed E-state index contributed by atoms with van der Waals surface area (Å²) in [4.78, 5) is 11.9. The fourth-order valence-electron chi connectivity index (χ4n) is 2.00. The largest absolute Gasteiger partial charge is 0.420 e. The number of nitrogens with two attached hydrogens (primary N) is 1. The van der Waals surface area contributed by atoms with Crippen molar-refractivity contribution in [2.75, 3.05) is 5.73 Å². The first-order valence-corrected chi connectivity index (χ1v) is 6.85. The van der Waals surface area contributed by atoms with Crippen molar-refractivity contribution in [3.8, 4) is 0 Å². The highest BCUT2D eigenvalue weighted by molar-refractivity contribution is 14.1. The molecule has 2 N–H and O–H groups in total. The van der Waals surface area contributed by atoms with Crippen molar-refractivity contribution in [1.82, 2.24) is 4.57 Å². The van der Waals surface area contributed by atoms with Gasteiger partial charge in [-0.2, -0.15) is 0 Å². The van der Waals surface area contributed by atoms with E-state index in [2.05, 4.69) is 22.6 Å². The summed E-state index contributed by atoms with van der Waals surface area (Å²) in [6.45, 7) is 0.478. The number of hydrogen-bond donors (Lipinski definition) is 1. The monoisotopic (exact) mass is 366 g/mol. The van der Waals surface area contributed by atoms with E-state index in [1.165, 1.54) is 0 Å². The molecule has 19 heavy (non-hydrogen) atoms. The Morgan fingerprint density at radius 3 is 2.63 bits per heavy atom. The van der Waals surface area contributed by atoms with Gasteiger partial charge in [0.25, 0.3) is 0 Å². The summed E-state index contributed by atoms with van der Waals surface area (Å²) in [6.07, 6.45) is 0. The first kappa shape index (κ1) is 12.3. The highest BCUT2D eigenvalue weighted by Crippen LogP contribution is 2.17. The molecule has 0 radical (unpaired) electrons. The van der Waals surface area contributed by atoms with Crippen molar-refractivity contribution in [3.05, 3.63) is 62.1 Å². The normalized spacial score (nSPS) is 11.0. The third-order valence-corrected chi connectivity index (χ3v) is 3.66. The highest BCUT2D eigenvalue weighted by Gasteiger charge is 2.09. The van der Waals surface area contributed by atoms with E-state index in [1.807, 2.05) is 24.3 Å². The van der Waals surface area contributed by atoms with Gasteiger partial charge in [0.05, 0.1) is 12.1 Å². The second-order valence-corrected chi connectivity index (χ2v) is 5.55. The number of nitrogens with zero attached hydrogens (tertiary/aromatic N) is 1. The van der Waals surface area contributed by atoms with Crippen molar-refractivity contribution < 1.29 is 4.42 Å². The summed E-state index contributed by atoms with van der Waals surface area (Å²) in [5.74, 6) is -0.362. The number of anilines is 1. The molecule has 2 aromatic carbocycles. The van der Waals surface area contributed by atoms with Crippen LogP contribution >= 0.6 is 22.6 Å². The second kappa shape index (κ2) is 4.73. The summed E-state index contributed by atoms with van der Waals surface area (Å²) < 4.78 is 7.95. The maximum absolute atomic E-state index is 11.9. The van der Waals surface area contributed by atoms with Gasteiger partial charge in [0.15, 0.2) is 5.58 Å². The third kappa shape index (κ3) is 2.37. The van der Waals surface area contributed by atoms with Crippen LogP contribution in [0.1, 0.15) is 5.56 Å². The molecular weight excluding hydrogens is 355 g/mol. The molecule has 0 aliphatic carbocycles. The van der Waals surface area contributed by atoms with Crippen LogP contribution in [-0.2, 0) is 6.54 Å². The fraction of sp³-hybridized carbons (Fsp3) is 0.0714. The van der Waals surface area contributed by atoms with Gasteiger partial charge in [0.2, 0.25) is 0 Å². The zero-order chi connectivity index (χ0) is 13.4. The van der Waals surface area contributed by atoms with E-state index in [9.17, 15) is 4.79 Å². The van der Waals surface area contributed by atoms with E-state index < -0.39 is 0 Å². The molecule has 0 aliphatic rings. The molecule has 1 heterocycles. The van der Waals surface area contributed by atoms with Gasteiger partial charge in [0.1, 0.15) is 0 Å². The lowest BCUT2D eigenvalue weighted by Gasteiger charge is -2.03. The van der Waals surface area contributed by atoms with E-state index in [1.54, 1.807) is 22.8 Å². The zero-order valence-corrected chi connectivity index (χ0v) is 12.1. The van der Waals surface area contributed by atoms with Crippen LogP contribution in [0.3, 0.4) is 0 Å². The number of oxazole rings is 1. The van der Waals surface area contributed by atoms with Crippen LogP contribution in [0, 0.1) is 3.57 Å². The summed E-state index contributed by atoms with van der Waals surface area (Å²) in [5.41, 5.74) is 8.71. The van der Waals surface area contributed by atoms with Gasteiger partial charge in [0, 0.05) is 9.26 Å². The maximum atomic E-state index is 11.9. The lowest BCUT2D eigenvalue weighted by Crippen LogP contribution is -2.14. The van der Waals surface area contributed by atoms with Gasteiger partial charge in [-0.1, -0.05) is 12.1 Å². The van der Waals surface area contributed by atoms with E-state index in [0.717, 1.165) is 14.7 Å². The van der Waals surface area contributed by atoms with E-state index >= 15 is 0 Å². The van der Waals surface area contributed by atoms with Crippen LogP contribution in [0.15, 0.2) is 51.7 Å². The Morgan fingerprint density at radius 2 is 1.89 bits per heavy atom. The molecule has 0 atom stereocenters. The molecule has 0 fully saturated rings. The first-order chi connectivity index (χ1) is 9.13. The molecule has 0 amide bonds. The average Bonchev–Trinajstić information content (AvgIpc) is 2.69. The van der Waals surface area contributed by atoms with Crippen LogP contribution in [0.25, 0.3) is 11.1 Å². The number of benzene rings is 2. The Labute approximate surface area is 123 Å². The predicted octanol–water partition coefficient (Wildman–Crippen LogP) is 2.83. The summed E-state index contributed by atoms with van der Waals surface area (Å²) >= 11 is 2.25. The smallest absolute Gasteiger partial charge is 0.408 e. The van der Waals surface area contributed by atoms with E-state index in [0.29, 0.717) is 17.8 Å². The molecule has 3 rings (SSSR count). The van der Waals surface area contributed by atoms with Gasteiger partial charge in [-0.3, -0.25) is 4.57 Å². The van der Waals surface area contributed by atoms with Crippen LogP contribution in [0.4, 0.5) is 5.69 Å². The van der Waals surface area contributed by atoms with Crippen LogP contribution in [-0.4, -0.2) is 4.57 Å². The van der Waals surface area contributed by atoms with Gasteiger partial charge in [-0.15, -0.1) is 0 Å². The molecule has 0 bridgehead atoms. The van der Waals surface area contributed by atoms with Crippen molar-refractivity contribution in [2.24, 2.45) is 0 Å². The van der Waals surface area contributed by atoms with Crippen LogP contribution in [0.5, 0.6) is 0 Å². The summed E-state index contributed by atoms with van der Waals surface area (Å²) in [6, 6.07) is 13.2. The number of halogens is 1. The Morgan fingerprint density at radius 1 is 1.16 bits per heavy atom. The molecule has 0 unspecified atom stereocenters. The number of hydrogen-bond acceptors (Lipinski definition) is 3. The van der Waals surface area contributed by atoms with Gasteiger partial charge in [-0.05, 0) is 58.5 Å². The standard InChI is InChI=1S/C14H11IN2O2/c15-10-3-1-9(2-4-10)8-17-12-7-11(16)5-6-13(12)19-14(17)18/h1-7H,8,16H2. The van der Waals surface area contributed by atoms with Gasteiger partial charge in [-0.25, -0.2) is 4.79 Å². The Kier molecular flexibility index (Phi) is 3.06.